The summed E-state index contributed by atoms with van der Waals surface area (Å²) in [5, 5.41) is 3.32. The molecule has 3 N–H and O–H groups in total. The molecule has 0 aliphatic heterocycles. The van der Waals surface area contributed by atoms with Gasteiger partial charge in [-0.25, -0.2) is 0 Å². The molecule has 0 saturated carbocycles. The number of primary amides is 1. The first-order valence-electron chi connectivity index (χ1n) is 5.84. The van der Waals surface area contributed by atoms with E-state index in [1.165, 1.54) is 5.56 Å². The third-order valence-corrected chi connectivity index (χ3v) is 2.51. The highest BCUT2D eigenvalue weighted by atomic mass is 16.5. The second kappa shape index (κ2) is 7.68. The Hall–Kier alpha value is -1.55. The van der Waals surface area contributed by atoms with Crippen LogP contribution in [-0.2, 0) is 11.3 Å². The van der Waals surface area contributed by atoms with Gasteiger partial charge in [-0.15, -0.1) is 0 Å². The lowest BCUT2D eigenvalue weighted by molar-refractivity contribution is -0.118. The Morgan fingerprint density at radius 3 is 2.59 bits per heavy atom. The highest BCUT2D eigenvalue weighted by Gasteiger charge is 1.96. The summed E-state index contributed by atoms with van der Waals surface area (Å²) in [6, 6.07) is 7.97. The predicted molar refractivity (Wildman–Crippen MR) is 67.7 cm³/mol. The first kappa shape index (κ1) is 13.5. The predicted octanol–water partition coefficient (Wildman–Crippen LogP) is 1.44. The fourth-order valence-electron chi connectivity index (χ4n) is 1.53. The maximum Gasteiger partial charge on any atom is 0.217 e. The molecule has 0 fully saturated rings. The molecule has 4 heteroatoms. The van der Waals surface area contributed by atoms with Crippen LogP contribution in [0.15, 0.2) is 24.3 Å². The zero-order chi connectivity index (χ0) is 12.5. The maximum absolute atomic E-state index is 10.5. The van der Waals surface area contributed by atoms with Gasteiger partial charge in [-0.2, -0.15) is 0 Å². The molecule has 0 bridgehead atoms. The summed E-state index contributed by atoms with van der Waals surface area (Å²) in [7, 11) is 1.66. The van der Waals surface area contributed by atoms with Gasteiger partial charge in [-0.05, 0) is 37.1 Å². The molecular formula is C13H20N2O2. The SMILES string of the molecule is COc1ccc(CNCCCCC(N)=O)cc1. The number of ether oxygens (including phenoxy) is 1. The molecule has 1 rings (SSSR count). The molecule has 0 heterocycles. The van der Waals surface area contributed by atoms with Gasteiger partial charge in [-0.1, -0.05) is 12.1 Å². The van der Waals surface area contributed by atoms with Crippen LogP contribution in [0.1, 0.15) is 24.8 Å². The number of carbonyl (C=O) groups excluding carboxylic acids is 1. The zero-order valence-corrected chi connectivity index (χ0v) is 10.2. The lowest BCUT2D eigenvalue weighted by atomic mass is 10.2. The number of nitrogens with one attached hydrogen (secondary N) is 1. The molecule has 1 amide bonds. The molecule has 0 aliphatic carbocycles. The highest BCUT2D eigenvalue weighted by molar-refractivity contribution is 5.73. The first-order valence-corrected chi connectivity index (χ1v) is 5.84. The van der Waals surface area contributed by atoms with E-state index >= 15 is 0 Å². The Morgan fingerprint density at radius 1 is 1.29 bits per heavy atom. The standard InChI is InChI=1S/C13H20N2O2/c1-17-12-7-5-11(6-8-12)10-15-9-3-2-4-13(14)16/h5-8,15H,2-4,9-10H2,1H3,(H2,14,16). The van der Waals surface area contributed by atoms with Crippen molar-refractivity contribution in [2.75, 3.05) is 13.7 Å². The molecule has 94 valence electrons. The number of unbranched alkanes of at least 4 members (excludes halogenated alkanes) is 1. The van der Waals surface area contributed by atoms with Crippen LogP contribution >= 0.6 is 0 Å². The van der Waals surface area contributed by atoms with Crippen molar-refractivity contribution in [1.82, 2.24) is 5.32 Å². The van der Waals surface area contributed by atoms with Crippen molar-refractivity contribution in [3.8, 4) is 5.75 Å². The summed E-state index contributed by atoms with van der Waals surface area (Å²) >= 11 is 0. The Morgan fingerprint density at radius 2 is 2.00 bits per heavy atom. The largest absolute Gasteiger partial charge is 0.497 e. The van der Waals surface area contributed by atoms with Crippen molar-refractivity contribution in [2.24, 2.45) is 5.73 Å². The van der Waals surface area contributed by atoms with Gasteiger partial charge in [0.25, 0.3) is 0 Å². The van der Waals surface area contributed by atoms with Crippen LogP contribution in [0.4, 0.5) is 0 Å². The Kier molecular flexibility index (Phi) is 6.10. The lowest BCUT2D eigenvalue weighted by Crippen LogP contribution is -2.16. The molecule has 0 radical (unpaired) electrons. The first-order chi connectivity index (χ1) is 8.22. The summed E-state index contributed by atoms with van der Waals surface area (Å²) in [6.07, 6.45) is 2.30. The number of nitrogens with two attached hydrogens (primary N) is 1. The molecule has 4 nitrogen and oxygen atoms in total. The van der Waals surface area contributed by atoms with E-state index in [1.807, 2.05) is 24.3 Å². The fourth-order valence-corrected chi connectivity index (χ4v) is 1.53. The van der Waals surface area contributed by atoms with E-state index in [-0.39, 0.29) is 5.91 Å². The number of hydrogen-bond donors (Lipinski definition) is 2. The Bertz CT molecular complexity index is 336. The normalized spacial score (nSPS) is 10.2. The molecule has 0 saturated heterocycles. The molecule has 0 spiro atoms. The van der Waals surface area contributed by atoms with Crippen molar-refractivity contribution in [1.29, 1.82) is 0 Å². The van der Waals surface area contributed by atoms with E-state index in [1.54, 1.807) is 7.11 Å². The second-order valence-electron chi connectivity index (χ2n) is 3.95. The summed E-state index contributed by atoms with van der Waals surface area (Å²) in [6.45, 7) is 1.74. The lowest BCUT2D eigenvalue weighted by Gasteiger charge is -2.05. The smallest absolute Gasteiger partial charge is 0.217 e. The van der Waals surface area contributed by atoms with Crippen molar-refractivity contribution in [3.63, 3.8) is 0 Å². The molecule has 0 unspecified atom stereocenters. The van der Waals surface area contributed by atoms with E-state index in [4.69, 9.17) is 10.5 Å². The van der Waals surface area contributed by atoms with Crippen LogP contribution in [-0.4, -0.2) is 19.6 Å². The maximum atomic E-state index is 10.5. The summed E-state index contributed by atoms with van der Waals surface area (Å²) in [5.41, 5.74) is 6.28. The summed E-state index contributed by atoms with van der Waals surface area (Å²) in [4.78, 5) is 10.5. The third kappa shape index (κ3) is 5.92. The Labute approximate surface area is 102 Å². The minimum Gasteiger partial charge on any atom is -0.497 e. The molecule has 0 atom stereocenters. The number of amides is 1. The van der Waals surface area contributed by atoms with Gasteiger partial charge in [0.15, 0.2) is 0 Å². The number of carbonyl (C=O) groups is 1. The van der Waals surface area contributed by atoms with Gasteiger partial charge < -0.3 is 15.8 Å². The summed E-state index contributed by atoms with van der Waals surface area (Å²) in [5.74, 6) is 0.648. The topological polar surface area (TPSA) is 64.3 Å². The zero-order valence-electron chi connectivity index (χ0n) is 10.2. The highest BCUT2D eigenvalue weighted by Crippen LogP contribution is 2.10. The van der Waals surface area contributed by atoms with Crippen LogP contribution < -0.4 is 15.8 Å². The average Bonchev–Trinajstić information content (AvgIpc) is 2.34. The molecule has 1 aromatic rings. The fraction of sp³-hybridized carbons (Fsp3) is 0.462. The number of benzene rings is 1. The van der Waals surface area contributed by atoms with Crippen LogP contribution in [0.2, 0.25) is 0 Å². The number of rotatable bonds is 8. The van der Waals surface area contributed by atoms with Gasteiger partial charge in [0, 0.05) is 13.0 Å². The van der Waals surface area contributed by atoms with Gasteiger partial charge in [0.05, 0.1) is 7.11 Å². The number of methoxy groups -OCH3 is 1. The quantitative estimate of drug-likeness (QED) is 0.671. The third-order valence-electron chi connectivity index (χ3n) is 2.51. The van der Waals surface area contributed by atoms with Crippen LogP contribution in [0.25, 0.3) is 0 Å². The van der Waals surface area contributed by atoms with Gasteiger partial charge >= 0.3 is 0 Å². The number of hydrogen-bond acceptors (Lipinski definition) is 3. The van der Waals surface area contributed by atoms with Crippen molar-refractivity contribution in [3.05, 3.63) is 29.8 Å². The van der Waals surface area contributed by atoms with Gasteiger partial charge in [-0.3, -0.25) is 4.79 Å². The Balaban J connectivity index is 2.11. The van der Waals surface area contributed by atoms with E-state index in [0.717, 1.165) is 31.7 Å². The van der Waals surface area contributed by atoms with E-state index < -0.39 is 0 Å². The molecule has 1 aromatic carbocycles. The summed E-state index contributed by atoms with van der Waals surface area (Å²) < 4.78 is 5.08. The van der Waals surface area contributed by atoms with Gasteiger partial charge in [0.1, 0.15) is 5.75 Å². The van der Waals surface area contributed by atoms with Crippen LogP contribution in [0, 0.1) is 0 Å². The molecule has 17 heavy (non-hydrogen) atoms. The van der Waals surface area contributed by atoms with Crippen molar-refractivity contribution >= 4 is 5.91 Å². The van der Waals surface area contributed by atoms with Crippen LogP contribution in [0.5, 0.6) is 5.75 Å². The van der Waals surface area contributed by atoms with E-state index in [2.05, 4.69) is 5.32 Å². The van der Waals surface area contributed by atoms with E-state index in [9.17, 15) is 4.79 Å². The monoisotopic (exact) mass is 236 g/mol. The van der Waals surface area contributed by atoms with Crippen molar-refractivity contribution < 1.29 is 9.53 Å². The van der Waals surface area contributed by atoms with E-state index in [0.29, 0.717) is 6.42 Å². The minimum absolute atomic E-state index is 0.222. The molecule has 0 aliphatic rings. The average molecular weight is 236 g/mol. The minimum atomic E-state index is -0.222. The second-order valence-corrected chi connectivity index (χ2v) is 3.95. The van der Waals surface area contributed by atoms with Crippen LogP contribution in [0.3, 0.4) is 0 Å². The van der Waals surface area contributed by atoms with Gasteiger partial charge in [0.2, 0.25) is 5.91 Å². The van der Waals surface area contributed by atoms with Crippen molar-refractivity contribution in [2.45, 2.75) is 25.8 Å². The molecular weight excluding hydrogens is 216 g/mol. The molecule has 0 aromatic heterocycles.